The van der Waals surface area contributed by atoms with Crippen LogP contribution in [0.2, 0.25) is 0 Å². The number of nitrogens with zero attached hydrogens (tertiary/aromatic N) is 3. The standard InChI is InChI=1S/C10H17N3O/c1-13-8-9(11-12-13)7-10(14)5-3-2-4-6-10/h8,14H,2-7H2,1H3. The smallest absolute Gasteiger partial charge is 0.0855 e. The number of aromatic nitrogens is 3. The van der Waals surface area contributed by atoms with Crippen molar-refractivity contribution in [3.8, 4) is 0 Å². The van der Waals surface area contributed by atoms with Gasteiger partial charge in [-0.05, 0) is 12.8 Å². The highest BCUT2D eigenvalue weighted by Gasteiger charge is 2.30. The fraction of sp³-hybridized carbons (Fsp3) is 0.800. The second kappa shape index (κ2) is 3.69. The van der Waals surface area contributed by atoms with E-state index in [0.717, 1.165) is 31.4 Å². The normalized spacial score (nSPS) is 21.0. The molecule has 1 N–H and O–H groups in total. The van der Waals surface area contributed by atoms with Gasteiger partial charge in [-0.15, -0.1) is 5.10 Å². The molecule has 1 aromatic rings. The summed E-state index contributed by atoms with van der Waals surface area (Å²) in [7, 11) is 1.85. The Balaban J connectivity index is 2.01. The van der Waals surface area contributed by atoms with E-state index in [1.165, 1.54) is 6.42 Å². The van der Waals surface area contributed by atoms with E-state index in [9.17, 15) is 5.11 Å². The Kier molecular flexibility index (Phi) is 2.54. The Hall–Kier alpha value is -0.900. The lowest BCUT2D eigenvalue weighted by molar-refractivity contribution is 0.00365. The van der Waals surface area contributed by atoms with Crippen molar-refractivity contribution in [1.29, 1.82) is 0 Å². The van der Waals surface area contributed by atoms with E-state index in [0.29, 0.717) is 6.42 Å². The van der Waals surface area contributed by atoms with Gasteiger partial charge in [-0.3, -0.25) is 4.68 Å². The predicted octanol–water partition coefficient (Wildman–Crippen LogP) is 1.05. The van der Waals surface area contributed by atoms with Crippen LogP contribution in [0.1, 0.15) is 37.8 Å². The molecule has 2 rings (SSSR count). The summed E-state index contributed by atoms with van der Waals surface area (Å²) in [6.07, 6.45) is 7.87. The Morgan fingerprint density at radius 2 is 2.14 bits per heavy atom. The van der Waals surface area contributed by atoms with Gasteiger partial charge in [0.25, 0.3) is 0 Å². The highest BCUT2D eigenvalue weighted by atomic mass is 16.3. The molecule has 0 atom stereocenters. The SMILES string of the molecule is Cn1cc(CC2(O)CCCCC2)nn1. The molecule has 0 unspecified atom stereocenters. The van der Waals surface area contributed by atoms with Crippen molar-refractivity contribution in [2.24, 2.45) is 7.05 Å². The van der Waals surface area contributed by atoms with Crippen LogP contribution in [0.25, 0.3) is 0 Å². The van der Waals surface area contributed by atoms with E-state index >= 15 is 0 Å². The molecule has 4 heteroatoms. The van der Waals surface area contributed by atoms with Crippen LogP contribution in [0.5, 0.6) is 0 Å². The average Bonchev–Trinajstić information content (AvgIpc) is 2.51. The minimum absolute atomic E-state index is 0.520. The summed E-state index contributed by atoms with van der Waals surface area (Å²) in [5.74, 6) is 0. The lowest BCUT2D eigenvalue weighted by atomic mass is 9.82. The Bertz CT molecular complexity index is 302. The topological polar surface area (TPSA) is 50.9 Å². The highest BCUT2D eigenvalue weighted by Crippen LogP contribution is 2.30. The summed E-state index contributed by atoms with van der Waals surface area (Å²) in [6, 6.07) is 0. The molecule has 0 spiro atoms. The van der Waals surface area contributed by atoms with Crippen LogP contribution in [0.3, 0.4) is 0 Å². The van der Waals surface area contributed by atoms with Gasteiger partial charge >= 0.3 is 0 Å². The molecule has 0 saturated heterocycles. The number of rotatable bonds is 2. The van der Waals surface area contributed by atoms with Gasteiger partial charge < -0.3 is 5.11 Å². The van der Waals surface area contributed by atoms with Crippen LogP contribution in [0, 0.1) is 0 Å². The molecule has 1 heterocycles. The minimum atomic E-state index is -0.520. The van der Waals surface area contributed by atoms with Crippen molar-refractivity contribution in [3.05, 3.63) is 11.9 Å². The van der Waals surface area contributed by atoms with E-state index in [1.807, 2.05) is 13.2 Å². The molecule has 0 bridgehead atoms. The van der Waals surface area contributed by atoms with Crippen molar-refractivity contribution in [2.45, 2.75) is 44.1 Å². The van der Waals surface area contributed by atoms with Crippen molar-refractivity contribution in [2.75, 3.05) is 0 Å². The molecule has 1 aromatic heterocycles. The van der Waals surface area contributed by atoms with Gasteiger partial charge in [-0.2, -0.15) is 0 Å². The molecule has 1 aliphatic rings. The first kappa shape index (κ1) is 9.65. The van der Waals surface area contributed by atoms with Gasteiger partial charge in [0.1, 0.15) is 0 Å². The fourth-order valence-electron chi connectivity index (χ4n) is 2.20. The summed E-state index contributed by atoms with van der Waals surface area (Å²) in [4.78, 5) is 0. The number of aryl methyl sites for hydroxylation is 1. The van der Waals surface area contributed by atoms with Gasteiger partial charge in [-0.1, -0.05) is 24.5 Å². The van der Waals surface area contributed by atoms with E-state index < -0.39 is 5.60 Å². The summed E-state index contributed by atoms with van der Waals surface area (Å²) in [5, 5.41) is 18.1. The summed E-state index contributed by atoms with van der Waals surface area (Å²) >= 11 is 0. The zero-order chi connectivity index (χ0) is 10.0. The molecule has 1 saturated carbocycles. The van der Waals surface area contributed by atoms with Crippen LogP contribution in [0.15, 0.2) is 6.20 Å². The molecule has 0 amide bonds. The van der Waals surface area contributed by atoms with E-state index in [1.54, 1.807) is 4.68 Å². The van der Waals surface area contributed by atoms with Gasteiger partial charge in [0.05, 0.1) is 11.3 Å². The van der Waals surface area contributed by atoms with Crippen molar-refractivity contribution in [1.82, 2.24) is 15.0 Å². The van der Waals surface area contributed by atoms with Crippen LogP contribution < -0.4 is 0 Å². The third-order valence-corrected chi connectivity index (χ3v) is 2.94. The first-order valence-electron chi connectivity index (χ1n) is 5.26. The Labute approximate surface area is 83.9 Å². The largest absolute Gasteiger partial charge is 0.389 e. The van der Waals surface area contributed by atoms with Crippen LogP contribution in [0.4, 0.5) is 0 Å². The molecule has 0 radical (unpaired) electrons. The average molecular weight is 195 g/mol. The Morgan fingerprint density at radius 1 is 1.43 bits per heavy atom. The first-order chi connectivity index (χ1) is 6.68. The monoisotopic (exact) mass is 195 g/mol. The molecule has 0 aliphatic heterocycles. The third kappa shape index (κ3) is 2.12. The first-order valence-corrected chi connectivity index (χ1v) is 5.26. The summed E-state index contributed by atoms with van der Waals surface area (Å²) in [6.45, 7) is 0. The van der Waals surface area contributed by atoms with Crippen LogP contribution in [-0.4, -0.2) is 25.7 Å². The quantitative estimate of drug-likeness (QED) is 0.767. The van der Waals surface area contributed by atoms with Crippen molar-refractivity contribution in [3.63, 3.8) is 0 Å². The van der Waals surface area contributed by atoms with Crippen LogP contribution >= 0.6 is 0 Å². The molecule has 4 nitrogen and oxygen atoms in total. The lowest BCUT2D eigenvalue weighted by Gasteiger charge is -2.31. The molecule has 0 aromatic carbocycles. The van der Waals surface area contributed by atoms with Crippen molar-refractivity contribution < 1.29 is 5.11 Å². The Morgan fingerprint density at radius 3 is 2.71 bits per heavy atom. The number of hydrogen-bond acceptors (Lipinski definition) is 3. The zero-order valence-corrected chi connectivity index (χ0v) is 8.61. The van der Waals surface area contributed by atoms with Crippen molar-refractivity contribution >= 4 is 0 Å². The molecule has 78 valence electrons. The molecule has 1 aliphatic carbocycles. The van der Waals surface area contributed by atoms with Gasteiger partial charge in [0.2, 0.25) is 0 Å². The third-order valence-electron chi connectivity index (χ3n) is 2.94. The lowest BCUT2D eigenvalue weighted by Crippen LogP contribution is -2.33. The fourth-order valence-corrected chi connectivity index (χ4v) is 2.20. The molecule has 14 heavy (non-hydrogen) atoms. The van der Waals surface area contributed by atoms with Crippen LogP contribution in [-0.2, 0) is 13.5 Å². The maximum atomic E-state index is 10.3. The number of hydrogen-bond donors (Lipinski definition) is 1. The second-order valence-electron chi connectivity index (χ2n) is 4.35. The molecular weight excluding hydrogens is 178 g/mol. The molecular formula is C10H17N3O. The maximum absolute atomic E-state index is 10.3. The summed E-state index contributed by atoms with van der Waals surface area (Å²) in [5.41, 5.74) is 0.380. The highest BCUT2D eigenvalue weighted by molar-refractivity contribution is 5.00. The van der Waals surface area contributed by atoms with E-state index in [2.05, 4.69) is 10.3 Å². The van der Waals surface area contributed by atoms with E-state index in [-0.39, 0.29) is 0 Å². The maximum Gasteiger partial charge on any atom is 0.0855 e. The summed E-state index contributed by atoms with van der Waals surface area (Å²) < 4.78 is 1.68. The van der Waals surface area contributed by atoms with Gasteiger partial charge in [0, 0.05) is 19.7 Å². The zero-order valence-electron chi connectivity index (χ0n) is 8.61. The predicted molar refractivity (Wildman–Crippen MR) is 52.7 cm³/mol. The number of aliphatic hydroxyl groups is 1. The van der Waals surface area contributed by atoms with Gasteiger partial charge in [0.15, 0.2) is 0 Å². The molecule has 1 fully saturated rings. The second-order valence-corrected chi connectivity index (χ2v) is 4.35. The minimum Gasteiger partial charge on any atom is -0.389 e. The van der Waals surface area contributed by atoms with Gasteiger partial charge in [-0.25, -0.2) is 0 Å². The van der Waals surface area contributed by atoms with E-state index in [4.69, 9.17) is 0 Å².